The van der Waals surface area contributed by atoms with Gasteiger partial charge in [0.1, 0.15) is 0 Å². The molecule has 0 radical (unpaired) electrons. The van der Waals surface area contributed by atoms with E-state index >= 15 is 0 Å². The van der Waals surface area contributed by atoms with E-state index in [4.69, 9.17) is 9.47 Å². The van der Waals surface area contributed by atoms with E-state index < -0.39 is 5.97 Å². The Morgan fingerprint density at radius 3 is 2.70 bits per heavy atom. The number of carbonyl (C=O) groups is 2. The number of benzene rings is 1. The molecule has 0 aliphatic heterocycles. The van der Waals surface area contributed by atoms with Crippen LogP contribution in [0.3, 0.4) is 0 Å². The van der Waals surface area contributed by atoms with Crippen molar-refractivity contribution in [2.24, 2.45) is 0 Å². The number of rotatable bonds is 8. The Kier molecular flexibility index (Phi) is 6.22. The average Bonchev–Trinajstić information content (AvgIpc) is 3.36. The van der Waals surface area contributed by atoms with Gasteiger partial charge in [-0.3, -0.25) is 4.79 Å². The Labute approximate surface area is 160 Å². The summed E-state index contributed by atoms with van der Waals surface area (Å²) in [5.74, 6) is -0.793. The minimum atomic E-state index is -0.713. The molecule has 0 saturated heterocycles. The molecule has 140 valence electrons. The number of para-hydroxylation sites is 1. The molecule has 0 aliphatic carbocycles. The van der Waals surface area contributed by atoms with Crippen molar-refractivity contribution in [2.45, 2.75) is 6.42 Å². The molecule has 2 heterocycles. The zero-order chi connectivity index (χ0) is 19.1. The van der Waals surface area contributed by atoms with Crippen molar-refractivity contribution in [2.75, 3.05) is 20.3 Å². The minimum Gasteiger partial charge on any atom is -0.493 e. The first-order valence-corrected chi connectivity index (χ1v) is 9.20. The zero-order valence-corrected chi connectivity index (χ0v) is 15.6. The van der Waals surface area contributed by atoms with Gasteiger partial charge in [-0.05, 0) is 30.0 Å². The average molecular weight is 385 g/mol. The van der Waals surface area contributed by atoms with Crippen LogP contribution < -0.4 is 10.1 Å². The van der Waals surface area contributed by atoms with Crippen molar-refractivity contribution < 1.29 is 19.1 Å². The van der Waals surface area contributed by atoms with Crippen LogP contribution in [0.15, 0.2) is 54.0 Å². The number of carbonyl (C=O) groups excluding carboxylic acids is 2. The third-order valence-corrected chi connectivity index (χ3v) is 4.66. The molecular formula is C19H19N3O4S. The number of methoxy groups -OCH3 is 1. The Morgan fingerprint density at radius 2 is 2.00 bits per heavy atom. The largest absolute Gasteiger partial charge is 0.493 e. The fourth-order valence-electron chi connectivity index (χ4n) is 2.39. The lowest BCUT2D eigenvalue weighted by Crippen LogP contribution is -2.30. The van der Waals surface area contributed by atoms with Crippen molar-refractivity contribution >= 4 is 23.2 Å². The van der Waals surface area contributed by atoms with E-state index in [1.165, 1.54) is 16.7 Å². The molecular weight excluding hydrogens is 366 g/mol. The van der Waals surface area contributed by atoms with E-state index in [-0.39, 0.29) is 24.0 Å². The minimum absolute atomic E-state index is 0.0211. The Hall–Kier alpha value is -3.13. The number of nitrogens with one attached hydrogen (secondary N) is 1. The van der Waals surface area contributed by atoms with E-state index in [1.807, 2.05) is 47.8 Å². The molecule has 0 spiro atoms. The summed E-state index contributed by atoms with van der Waals surface area (Å²) in [6.07, 6.45) is 2.33. The van der Waals surface area contributed by atoms with Gasteiger partial charge < -0.3 is 14.8 Å². The highest BCUT2D eigenvalue weighted by molar-refractivity contribution is 7.09. The van der Waals surface area contributed by atoms with Crippen molar-refractivity contribution in [1.82, 2.24) is 15.1 Å². The normalized spacial score (nSPS) is 10.4. The van der Waals surface area contributed by atoms with Crippen molar-refractivity contribution in [3.63, 3.8) is 0 Å². The number of ether oxygens (including phenoxy) is 2. The van der Waals surface area contributed by atoms with Crippen LogP contribution in [0.5, 0.6) is 5.75 Å². The van der Waals surface area contributed by atoms with Gasteiger partial charge in [-0.25, -0.2) is 9.48 Å². The predicted octanol–water partition coefficient (Wildman–Crippen LogP) is 2.46. The molecule has 3 aromatic rings. The summed E-state index contributed by atoms with van der Waals surface area (Å²) in [7, 11) is 1.44. The quantitative estimate of drug-likeness (QED) is 0.603. The third-order valence-electron chi connectivity index (χ3n) is 3.72. The van der Waals surface area contributed by atoms with Gasteiger partial charge >= 0.3 is 5.97 Å². The van der Waals surface area contributed by atoms with Crippen molar-refractivity contribution in [1.29, 1.82) is 0 Å². The van der Waals surface area contributed by atoms with Gasteiger partial charge in [0.15, 0.2) is 12.4 Å². The number of aromatic nitrogens is 2. The summed E-state index contributed by atoms with van der Waals surface area (Å²) >= 11 is 1.63. The predicted molar refractivity (Wildman–Crippen MR) is 101 cm³/mol. The topological polar surface area (TPSA) is 82.5 Å². The van der Waals surface area contributed by atoms with E-state index in [9.17, 15) is 9.59 Å². The number of hydrogen-bond donors (Lipinski definition) is 1. The van der Waals surface area contributed by atoms with Crippen molar-refractivity contribution in [3.8, 4) is 11.4 Å². The lowest BCUT2D eigenvalue weighted by Gasteiger charge is -2.05. The second-order valence-corrected chi connectivity index (χ2v) is 6.61. The van der Waals surface area contributed by atoms with Gasteiger partial charge in [0, 0.05) is 11.4 Å². The molecule has 1 amide bonds. The second kappa shape index (κ2) is 9.00. The van der Waals surface area contributed by atoms with E-state index in [2.05, 4.69) is 10.4 Å². The summed E-state index contributed by atoms with van der Waals surface area (Å²) in [6.45, 7) is 0.119. The summed E-state index contributed by atoms with van der Waals surface area (Å²) in [5, 5.41) is 8.92. The Bertz CT molecular complexity index is 891. The summed E-state index contributed by atoms with van der Waals surface area (Å²) < 4.78 is 11.8. The highest BCUT2D eigenvalue weighted by Gasteiger charge is 2.20. The lowest BCUT2D eigenvalue weighted by molar-refractivity contribution is -0.124. The number of amides is 1. The first-order chi connectivity index (χ1) is 13.2. The van der Waals surface area contributed by atoms with Gasteiger partial charge in [-0.2, -0.15) is 5.10 Å². The molecule has 2 aromatic heterocycles. The maximum atomic E-state index is 12.3. The highest BCUT2D eigenvalue weighted by atomic mass is 32.1. The monoisotopic (exact) mass is 385 g/mol. The maximum Gasteiger partial charge on any atom is 0.363 e. The fourth-order valence-corrected chi connectivity index (χ4v) is 3.10. The molecule has 0 aliphatic rings. The van der Waals surface area contributed by atoms with Crippen LogP contribution in [0.25, 0.3) is 5.69 Å². The zero-order valence-electron chi connectivity index (χ0n) is 14.8. The van der Waals surface area contributed by atoms with Crippen LogP contribution in [0.1, 0.15) is 15.4 Å². The Balaban J connectivity index is 1.54. The second-order valence-electron chi connectivity index (χ2n) is 5.58. The standard InChI is InChI=1S/C19H19N3O4S/c1-25-16-12-22(14-6-3-2-4-7-14)21-18(16)19(24)26-13-17(23)20-10-9-15-8-5-11-27-15/h2-8,11-12H,9-10,13H2,1H3,(H,20,23). The third kappa shape index (κ3) is 4.95. The van der Waals surface area contributed by atoms with E-state index in [0.717, 1.165) is 12.1 Å². The first-order valence-electron chi connectivity index (χ1n) is 8.32. The Morgan fingerprint density at radius 1 is 1.19 bits per heavy atom. The lowest BCUT2D eigenvalue weighted by atomic mass is 10.3. The van der Waals surface area contributed by atoms with Crippen LogP contribution in [0.4, 0.5) is 0 Å². The highest BCUT2D eigenvalue weighted by Crippen LogP contribution is 2.20. The van der Waals surface area contributed by atoms with Crippen LogP contribution in [-0.2, 0) is 16.0 Å². The maximum absolute atomic E-state index is 12.3. The van der Waals surface area contributed by atoms with Gasteiger partial charge in [0.2, 0.25) is 5.69 Å². The van der Waals surface area contributed by atoms with E-state index in [1.54, 1.807) is 17.5 Å². The van der Waals surface area contributed by atoms with Crippen LogP contribution >= 0.6 is 11.3 Å². The smallest absolute Gasteiger partial charge is 0.363 e. The van der Waals surface area contributed by atoms with E-state index in [0.29, 0.717) is 6.54 Å². The molecule has 0 fully saturated rings. The molecule has 0 atom stereocenters. The van der Waals surface area contributed by atoms with Crippen molar-refractivity contribution in [3.05, 3.63) is 64.6 Å². The van der Waals surface area contributed by atoms with Gasteiger partial charge in [0.25, 0.3) is 5.91 Å². The van der Waals surface area contributed by atoms with Gasteiger partial charge in [-0.1, -0.05) is 24.3 Å². The molecule has 0 saturated carbocycles. The van der Waals surface area contributed by atoms with Crippen LogP contribution in [-0.4, -0.2) is 41.9 Å². The molecule has 3 rings (SSSR count). The molecule has 0 unspecified atom stereocenters. The molecule has 1 N–H and O–H groups in total. The number of esters is 1. The fraction of sp³-hybridized carbons (Fsp3) is 0.211. The molecule has 7 nitrogen and oxygen atoms in total. The molecule has 27 heavy (non-hydrogen) atoms. The van der Waals surface area contributed by atoms with Crippen LogP contribution in [0.2, 0.25) is 0 Å². The van der Waals surface area contributed by atoms with Gasteiger partial charge in [-0.15, -0.1) is 11.3 Å². The molecule has 1 aromatic carbocycles. The summed E-state index contributed by atoms with van der Waals surface area (Å²) in [4.78, 5) is 25.3. The summed E-state index contributed by atoms with van der Waals surface area (Å²) in [6, 6.07) is 13.3. The number of hydrogen-bond acceptors (Lipinski definition) is 6. The number of thiophene rings is 1. The first kappa shape index (κ1) is 18.7. The summed E-state index contributed by atoms with van der Waals surface area (Å²) in [5.41, 5.74) is 0.800. The van der Waals surface area contributed by atoms with Crippen LogP contribution in [0, 0.1) is 0 Å². The van der Waals surface area contributed by atoms with Gasteiger partial charge in [0.05, 0.1) is 19.0 Å². The molecule has 8 heteroatoms. The SMILES string of the molecule is COc1cn(-c2ccccc2)nc1C(=O)OCC(=O)NCCc1cccs1. The number of nitrogens with zero attached hydrogens (tertiary/aromatic N) is 2. The molecule has 0 bridgehead atoms.